The number of hydrogen-bond acceptors (Lipinski definition) is 7. The van der Waals surface area contributed by atoms with Crippen molar-refractivity contribution in [3.8, 4) is 17.2 Å². The number of aryl methyl sites for hydroxylation is 1. The highest BCUT2D eigenvalue weighted by Crippen LogP contribution is 2.34. The molecule has 1 aromatic heterocycles. The van der Waals surface area contributed by atoms with Crippen molar-refractivity contribution in [3.05, 3.63) is 83.7 Å². The summed E-state index contributed by atoms with van der Waals surface area (Å²) in [5.74, 6) is 1.30. The van der Waals surface area contributed by atoms with Gasteiger partial charge in [0.15, 0.2) is 11.5 Å². The third-order valence-corrected chi connectivity index (χ3v) is 7.89. The lowest BCUT2D eigenvalue weighted by atomic mass is 10.1. The van der Waals surface area contributed by atoms with Crippen molar-refractivity contribution >= 4 is 17.7 Å². The summed E-state index contributed by atoms with van der Waals surface area (Å²) in [5, 5.41) is 3.07. The van der Waals surface area contributed by atoms with E-state index in [-0.39, 0.29) is 43.3 Å². The van der Waals surface area contributed by atoms with Crippen LogP contribution in [0.15, 0.2) is 67.0 Å². The number of methoxy groups -OCH3 is 1. The van der Waals surface area contributed by atoms with Crippen LogP contribution in [-0.2, 0) is 27.4 Å². The number of hydrogen-bond donors (Lipinski definition) is 1. The van der Waals surface area contributed by atoms with Gasteiger partial charge in [0.1, 0.15) is 5.75 Å². The molecule has 0 radical (unpaired) electrons. The van der Waals surface area contributed by atoms with Crippen molar-refractivity contribution in [2.75, 3.05) is 26.7 Å². The Labute approximate surface area is 244 Å². The van der Waals surface area contributed by atoms with Crippen molar-refractivity contribution in [1.82, 2.24) is 20.1 Å². The highest BCUT2D eigenvalue weighted by Gasteiger charge is 2.39. The Hall–Kier alpha value is -4.44. The first kappa shape index (κ1) is 27.7. The third kappa shape index (κ3) is 6.38. The number of ether oxygens (including phenoxy) is 3. The molecule has 10 nitrogen and oxygen atoms in total. The molecule has 1 aliphatic carbocycles. The number of carbonyl (C=O) groups excluding carboxylic acids is 3. The molecule has 2 fully saturated rings. The molecule has 1 saturated heterocycles. The van der Waals surface area contributed by atoms with Crippen molar-refractivity contribution in [1.29, 1.82) is 0 Å². The second-order valence-corrected chi connectivity index (χ2v) is 11.0. The number of benzene rings is 2. The topological polar surface area (TPSA) is 110 Å². The molecule has 3 aromatic rings. The Morgan fingerprint density at radius 3 is 2.62 bits per heavy atom. The first-order valence-corrected chi connectivity index (χ1v) is 14.3. The van der Waals surface area contributed by atoms with Gasteiger partial charge in [-0.15, -0.1) is 0 Å². The number of carbonyl (C=O) groups is 3. The van der Waals surface area contributed by atoms with E-state index in [0.29, 0.717) is 42.3 Å². The van der Waals surface area contributed by atoms with Gasteiger partial charge in [-0.25, -0.2) is 0 Å². The van der Waals surface area contributed by atoms with Gasteiger partial charge in [0.25, 0.3) is 5.91 Å². The molecule has 218 valence electrons. The molecule has 4 heterocycles. The number of aromatic nitrogens is 1. The van der Waals surface area contributed by atoms with Crippen LogP contribution < -0.4 is 14.8 Å². The fraction of sp³-hybridized carbons (Fsp3) is 0.375. The number of nitrogens with one attached hydrogen (secondary N) is 1. The summed E-state index contributed by atoms with van der Waals surface area (Å²) in [5.41, 5.74) is 2.35. The first-order chi connectivity index (χ1) is 20.5. The molecule has 0 spiro atoms. The molecule has 2 aromatic carbocycles. The fourth-order valence-corrected chi connectivity index (χ4v) is 5.51. The lowest BCUT2D eigenvalue weighted by Gasteiger charge is -2.25. The van der Waals surface area contributed by atoms with Crippen molar-refractivity contribution in [2.45, 2.75) is 50.5 Å². The van der Waals surface area contributed by atoms with E-state index in [1.54, 1.807) is 41.4 Å². The zero-order valence-electron chi connectivity index (χ0n) is 23.5. The van der Waals surface area contributed by atoms with E-state index in [0.717, 1.165) is 24.0 Å². The predicted molar refractivity (Wildman–Crippen MR) is 153 cm³/mol. The van der Waals surface area contributed by atoms with Gasteiger partial charge in [-0.1, -0.05) is 18.2 Å². The quantitative estimate of drug-likeness (QED) is 0.514. The number of likely N-dealkylation sites (tertiary alicyclic amines) is 1. The van der Waals surface area contributed by atoms with Crippen LogP contribution >= 0.6 is 0 Å². The number of fused-ring (bicyclic) bond motifs is 9. The summed E-state index contributed by atoms with van der Waals surface area (Å²) in [6.07, 6.45) is 5.29. The van der Waals surface area contributed by atoms with E-state index in [2.05, 4.69) is 10.3 Å². The van der Waals surface area contributed by atoms with Crippen LogP contribution in [0.3, 0.4) is 0 Å². The van der Waals surface area contributed by atoms with Gasteiger partial charge in [0.05, 0.1) is 32.4 Å². The highest BCUT2D eigenvalue weighted by atomic mass is 16.5. The van der Waals surface area contributed by atoms with E-state index in [1.165, 1.54) is 0 Å². The molecule has 1 N–H and O–H groups in total. The van der Waals surface area contributed by atoms with Crippen LogP contribution in [0.4, 0.5) is 0 Å². The standard InChI is InChI=1S/C32H34N4O6/c1-40-28-16-21-5-9-27(28)42-25-4-2-3-22(15-25)20-41-29-18-35(32(39)23-11-13-33-14-12-23)17-26(29)34-30(37)19-36(24-7-8-24)31(38)10-6-21/h2-5,9,11-16,24,26,29H,6-8,10,17-20H2,1H3,(H,34,37)/t26-,29-/m0/s1. The first-order valence-electron chi connectivity index (χ1n) is 14.3. The summed E-state index contributed by atoms with van der Waals surface area (Å²) in [4.78, 5) is 47.2. The molecule has 7 rings (SSSR count). The maximum atomic E-state index is 13.3. The minimum Gasteiger partial charge on any atom is -0.493 e. The molecule has 0 unspecified atom stereocenters. The summed E-state index contributed by atoms with van der Waals surface area (Å²) in [6.45, 7) is 0.847. The van der Waals surface area contributed by atoms with Crippen LogP contribution in [0.1, 0.15) is 40.7 Å². The predicted octanol–water partition coefficient (Wildman–Crippen LogP) is 3.35. The molecule has 3 aliphatic heterocycles. The Kier molecular flexibility index (Phi) is 8.05. The molecule has 10 heteroatoms. The lowest BCUT2D eigenvalue weighted by molar-refractivity contribution is -0.137. The summed E-state index contributed by atoms with van der Waals surface area (Å²) < 4.78 is 18.1. The zero-order valence-corrected chi connectivity index (χ0v) is 23.5. The molecule has 1 saturated carbocycles. The van der Waals surface area contributed by atoms with Crippen molar-refractivity contribution in [3.63, 3.8) is 0 Å². The van der Waals surface area contributed by atoms with Crippen LogP contribution in [0.2, 0.25) is 0 Å². The fourth-order valence-electron chi connectivity index (χ4n) is 5.51. The summed E-state index contributed by atoms with van der Waals surface area (Å²) >= 11 is 0. The van der Waals surface area contributed by atoms with E-state index >= 15 is 0 Å². The maximum absolute atomic E-state index is 13.3. The highest BCUT2D eigenvalue weighted by molar-refractivity contribution is 5.94. The molecule has 3 amide bonds. The van der Waals surface area contributed by atoms with Crippen molar-refractivity contribution < 1.29 is 28.6 Å². The van der Waals surface area contributed by atoms with E-state index in [4.69, 9.17) is 14.2 Å². The van der Waals surface area contributed by atoms with Crippen molar-refractivity contribution in [2.24, 2.45) is 0 Å². The number of amides is 3. The smallest absolute Gasteiger partial charge is 0.254 e. The van der Waals surface area contributed by atoms with Crippen LogP contribution in [0, 0.1) is 0 Å². The van der Waals surface area contributed by atoms with Gasteiger partial charge < -0.3 is 29.3 Å². The van der Waals surface area contributed by atoms with Crippen LogP contribution in [0.25, 0.3) is 0 Å². The van der Waals surface area contributed by atoms with Crippen LogP contribution in [0.5, 0.6) is 17.2 Å². The second-order valence-electron chi connectivity index (χ2n) is 11.0. The van der Waals surface area contributed by atoms with Gasteiger partial charge >= 0.3 is 0 Å². The third-order valence-electron chi connectivity index (χ3n) is 7.89. The lowest BCUT2D eigenvalue weighted by Crippen LogP contribution is -2.49. The average Bonchev–Trinajstić information content (AvgIpc) is 3.78. The van der Waals surface area contributed by atoms with E-state index in [1.807, 2.05) is 42.5 Å². The van der Waals surface area contributed by atoms with Gasteiger partial charge in [0.2, 0.25) is 11.8 Å². The molecular weight excluding hydrogens is 536 g/mol. The van der Waals surface area contributed by atoms with Gasteiger partial charge in [-0.3, -0.25) is 19.4 Å². The minimum absolute atomic E-state index is 0.0246. The SMILES string of the molecule is COc1cc2ccc1Oc1cccc(c1)CO[C@H]1CN(C(=O)c3ccncc3)C[C@@H]1NC(=O)CN(C1CC1)C(=O)CC2. The maximum Gasteiger partial charge on any atom is 0.254 e. The van der Waals surface area contributed by atoms with E-state index < -0.39 is 12.1 Å². The van der Waals surface area contributed by atoms with Gasteiger partial charge in [-0.05, 0) is 66.8 Å². The zero-order chi connectivity index (χ0) is 29.1. The normalized spacial score (nSPS) is 21.5. The minimum atomic E-state index is -0.441. The van der Waals surface area contributed by atoms with Crippen LogP contribution in [-0.4, -0.2) is 77.4 Å². The Bertz CT molecular complexity index is 1460. The Balaban J connectivity index is 1.27. The average molecular weight is 571 g/mol. The van der Waals surface area contributed by atoms with E-state index in [9.17, 15) is 14.4 Å². The molecule has 2 atom stereocenters. The number of rotatable bonds is 3. The molecule has 4 bridgehead atoms. The second kappa shape index (κ2) is 12.2. The number of nitrogens with zero attached hydrogens (tertiary/aromatic N) is 3. The Morgan fingerprint density at radius 2 is 1.83 bits per heavy atom. The monoisotopic (exact) mass is 570 g/mol. The molecular formula is C32H34N4O6. The summed E-state index contributed by atoms with van der Waals surface area (Å²) in [6, 6.07) is 16.2. The largest absolute Gasteiger partial charge is 0.493 e. The van der Waals surface area contributed by atoms with Gasteiger partial charge in [0, 0.05) is 43.5 Å². The molecule has 4 aliphatic rings. The Morgan fingerprint density at radius 1 is 1.00 bits per heavy atom. The van der Waals surface area contributed by atoms with Gasteiger partial charge in [-0.2, -0.15) is 0 Å². The number of pyridine rings is 1. The molecule has 42 heavy (non-hydrogen) atoms. The summed E-state index contributed by atoms with van der Waals surface area (Å²) in [7, 11) is 1.59.